The van der Waals surface area contributed by atoms with E-state index in [0.717, 1.165) is 37.8 Å². The van der Waals surface area contributed by atoms with Crippen molar-refractivity contribution in [3.8, 4) is 0 Å². The first-order valence-electron chi connectivity index (χ1n) is 9.27. The number of rotatable bonds is 4. The number of nitrogens with zero attached hydrogens (tertiary/aromatic N) is 1. The Morgan fingerprint density at radius 3 is 2.61 bits per heavy atom. The number of carbonyl (C=O) groups excluding carboxylic acids is 1. The minimum absolute atomic E-state index is 0.00935. The molecule has 8 heteroatoms. The van der Waals surface area contributed by atoms with Crippen LogP contribution in [0.15, 0.2) is 41.3 Å². The number of sulfonamides is 1. The van der Waals surface area contributed by atoms with Gasteiger partial charge in [-0.1, -0.05) is 18.9 Å². The number of amides is 1. The molecule has 1 fully saturated rings. The van der Waals surface area contributed by atoms with Gasteiger partial charge in [0.2, 0.25) is 10.0 Å². The monoisotopic (exact) mass is 406 g/mol. The Labute approximate surface area is 162 Å². The molecule has 1 aliphatic carbocycles. The fourth-order valence-electron chi connectivity index (χ4n) is 3.92. The first-order chi connectivity index (χ1) is 13.3. The Hall–Kier alpha value is -2.32. The summed E-state index contributed by atoms with van der Waals surface area (Å²) >= 11 is 0. The zero-order valence-electron chi connectivity index (χ0n) is 15.1. The van der Waals surface area contributed by atoms with Gasteiger partial charge in [0.1, 0.15) is 11.6 Å². The molecule has 0 atom stereocenters. The van der Waals surface area contributed by atoms with Gasteiger partial charge in [0.05, 0.1) is 10.6 Å². The molecule has 0 radical (unpaired) electrons. The highest BCUT2D eigenvalue weighted by molar-refractivity contribution is 7.89. The minimum atomic E-state index is -3.74. The highest BCUT2D eigenvalue weighted by atomic mass is 32.2. The number of fused-ring (bicyclic) bond motifs is 1. The summed E-state index contributed by atoms with van der Waals surface area (Å²) in [5.41, 5.74) is 0.646. The number of hydrogen-bond acceptors (Lipinski definition) is 3. The molecule has 2 aromatic carbocycles. The van der Waals surface area contributed by atoms with E-state index in [2.05, 4.69) is 4.72 Å². The fraction of sp³-hybridized carbons (Fsp3) is 0.350. The standard InChI is InChI=1S/C20H20F2N2O3S/c21-14-11-18(22)17-8-9-24(19(17)12-14)20(25)13-4-3-7-16(10-13)28(26,27)23-15-5-1-2-6-15/h3-4,7,10-12,15,23H,1-2,5-6,8-9H2. The fourth-order valence-corrected chi connectivity index (χ4v) is 5.27. The van der Waals surface area contributed by atoms with Crippen LogP contribution in [0.4, 0.5) is 14.5 Å². The normalized spacial score (nSPS) is 17.1. The maximum atomic E-state index is 13.9. The molecule has 1 aliphatic heterocycles. The minimum Gasteiger partial charge on any atom is -0.308 e. The van der Waals surface area contributed by atoms with Crippen LogP contribution >= 0.6 is 0 Å². The summed E-state index contributed by atoms with van der Waals surface area (Å²) in [7, 11) is -3.74. The number of halogens is 2. The maximum Gasteiger partial charge on any atom is 0.258 e. The van der Waals surface area contributed by atoms with E-state index in [1.165, 1.54) is 29.2 Å². The van der Waals surface area contributed by atoms with Gasteiger partial charge in [-0.05, 0) is 43.5 Å². The quantitative estimate of drug-likeness (QED) is 0.847. The Kier molecular flexibility index (Phi) is 4.93. The van der Waals surface area contributed by atoms with Crippen LogP contribution in [-0.2, 0) is 16.4 Å². The Bertz CT molecular complexity index is 1030. The molecule has 0 bridgehead atoms. The molecule has 148 valence electrons. The van der Waals surface area contributed by atoms with Crippen LogP contribution in [0, 0.1) is 11.6 Å². The van der Waals surface area contributed by atoms with Crippen LogP contribution in [0.1, 0.15) is 41.6 Å². The zero-order valence-corrected chi connectivity index (χ0v) is 15.9. The van der Waals surface area contributed by atoms with Crippen molar-refractivity contribution in [1.82, 2.24) is 4.72 Å². The third-order valence-corrected chi connectivity index (χ3v) is 6.84. The molecular weight excluding hydrogens is 386 g/mol. The molecule has 0 unspecified atom stereocenters. The van der Waals surface area contributed by atoms with Gasteiger partial charge in [0.25, 0.3) is 5.91 Å². The summed E-state index contributed by atoms with van der Waals surface area (Å²) in [6.45, 7) is 0.214. The molecule has 0 aromatic heterocycles. The third kappa shape index (κ3) is 3.54. The lowest BCUT2D eigenvalue weighted by Gasteiger charge is -2.18. The molecule has 0 spiro atoms. The van der Waals surface area contributed by atoms with Crippen LogP contribution in [-0.4, -0.2) is 26.9 Å². The topological polar surface area (TPSA) is 66.5 Å². The third-order valence-electron chi connectivity index (χ3n) is 5.33. The first-order valence-corrected chi connectivity index (χ1v) is 10.8. The lowest BCUT2D eigenvalue weighted by atomic mass is 10.1. The van der Waals surface area contributed by atoms with E-state index in [-0.39, 0.29) is 35.2 Å². The van der Waals surface area contributed by atoms with E-state index in [4.69, 9.17) is 0 Å². The summed E-state index contributed by atoms with van der Waals surface area (Å²) in [6.07, 6.45) is 3.88. The van der Waals surface area contributed by atoms with Gasteiger partial charge < -0.3 is 4.90 Å². The highest BCUT2D eigenvalue weighted by Gasteiger charge is 2.30. The highest BCUT2D eigenvalue weighted by Crippen LogP contribution is 2.32. The summed E-state index contributed by atoms with van der Waals surface area (Å²) in [6, 6.07) is 7.60. The van der Waals surface area contributed by atoms with Crippen LogP contribution in [0.5, 0.6) is 0 Å². The molecule has 5 nitrogen and oxygen atoms in total. The van der Waals surface area contributed by atoms with E-state index < -0.39 is 27.6 Å². The molecule has 2 aromatic rings. The predicted octanol–water partition coefficient (Wildman–Crippen LogP) is 3.39. The zero-order chi connectivity index (χ0) is 19.9. The molecule has 2 aliphatic rings. The van der Waals surface area contributed by atoms with Crippen molar-refractivity contribution < 1.29 is 22.0 Å². The van der Waals surface area contributed by atoms with E-state index in [0.29, 0.717) is 5.56 Å². The van der Waals surface area contributed by atoms with E-state index in [9.17, 15) is 22.0 Å². The maximum absolute atomic E-state index is 13.9. The summed E-state index contributed by atoms with van der Waals surface area (Å²) < 4.78 is 55.5. The summed E-state index contributed by atoms with van der Waals surface area (Å²) in [4.78, 5) is 14.2. The summed E-state index contributed by atoms with van der Waals surface area (Å²) in [5.74, 6) is -1.92. The number of hydrogen-bond donors (Lipinski definition) is 1. The van der Waals surface area contributed by atoms with Crippen molar-refractivity contribution >= 4 is 21.6 Å². The number of benzene rings is 2. The van der Waals surface area contributed by atoms with Crippen molar-refractivity contribution in [2.45, 2.75) is 43.0 Å². The molecule has 1 saturated carbocycles. The average Bonchev–Trinajstić information content (AvgIpc) is 3.30. The second-order valence-corrected chi connectivity index (χ2v) is 8.94. The Morgan fingerprint density at radius 1 is 1.11 bits per heavy atom. The van der Waals surface area contributed by atoms with E-state index in [1.807, 2.05) is 0 Å². The number of nitrogens with one attached hydrogen (secondary N) is 1. The number of carbonyl (C=O) groups is 1. The average molecular weight is 406 g/mol. The molecule has 1 amide bonds. The lowest BCUT2D eigenvalue weighted by molar-refractivity contribution is 0.0989. The smallest absolute Gasteiger partial charge is 0.258 e. The molecule has 1 heterocycles. The first kappa shape index (κ1) is 19.0. The van der Waals surface area contributed by atoms with Gasteiger partial charge >= 0.3 is 0 Å². The van der Waals surface area contributed by atoms with Crippen LogP contribution < -0.4 is 9.62 Å². The Balaban J connectivity index is 1.61. The van der Waals surface area contributed by atoms with E-state index >= 15 is 0 Å². The van der Waals surface area contributed by atoms with Crippen LogP contribution in [0.2, 0.25) is 0 Å². The van der Waals surface area contributed by atoms with Gasteiger partial charge in [-0.25, -0.2) is 21.9 Å². The van der Waals surface area contributed by atoms with Gasteiger partial charge in [-0.15, -0.1) is 0 Å². The summed E-state index contributed by atoms with van der Waals surface area (Å²) in [5, 5.41) is 0. The largest absolute Gasteiger partial charge is 0.308 e. The van der Waals surface area contributed by atoms with E-state index in [1.54, 1.807) is 0 Å². The SMILES string of the molecule is O=C(c1cccc(S(=O)(=O)NC2CCCC2)c1)N1CCc2c(F)cc(F)cc21. The van der Waals surface area contributed by atoms with Gasteiger partial charge in [-0.2, -0.15) is 0 Å². The molecule has 1 N–H and O–H groups in total. The van der Waals surface area contributed by atoms with Crippen molar-refractivity contribution in [2.24, 2.45) is 0 Å². The van der Waals surface area contributed by atoms with Crippen LogP contribution in [0.25, 0.3) is 0 Å². The second kappa shape index (κ2) is 7.25. The van der Waals surface area contributed by atoms with Gasteiger partial charge in [0.15, 0.2) is 0 Å². The second-order valence-electron chi connectivity index (χ2n) is 7.22. The van der Waals surface area contributed by atoms with Gasteiger partial charge in [0, 0.05) is 29.8 Å². The van der Waals surface area contributed by atoms with Crippen molar-refractivity contribution in [3.63, 3.8) is 0 Å². The predicted molar refractivity (Wildman–Crippen MR) is 101 cm³/mol. The van der Waals surface area contributed by atoms with Crippen molar-refractivity contribution in [1.29, 1.82) is 0 Å². The molecule has 4 rings (SSSR count). The lowest BCUT2D eigenvalue weighted by Crippen LogP contribution is -2.33. The molecule has 0 saturated heterocycles. The molecule has 28 heavy (non-hydrogen) atoms. The van der Waals surface area contributed by atoms with Crippen molar-refractivity contribution in [3.05, 3.63) is 59.2 Å². The van der Waals surface area contributed by atoms with Crippen LogP contribution in [0.3, 0.4) is 0 Å². The molecular formula is C20H20F2N2O3S. The number of anilines is 1. The van der Waals surface area contributed by atoms with Gasteiger partial charge in [-0.3, -0.25) is 4.79 Å². The Morgan fingerprint density at radius 2 is 1.86 bits per heavy atom. The van der Waals surface area contributed by atoms with Crippen molar-refractivity contribution in [2.75, 3.05) is 11.4 Å².